The van der Waals surface area contributed by atoms with Gasteiger partial charge in [-0.05, 0) is 38.3 Å². The molecular weight excluding hydrogens is 254 g/mol. The molecule has 0 spiro atoms. The maximum atomic E-state index is 4.75. The second-order valence-corrected chi connectivity index (χ2v) is 6.40. The monoisotopic (exact) mass is 273 g/mol. The first-order chi connectivity index (χ1) is 9.26. The number of hydrogen-bond donors (Lipinski definition) is 1. The van der Waals surface area contributed by atoms with Crippen LogP contribution in [0.3, 0.4) is 0 Å². The molecule has 0 atom stereocenters. The van der Waals surface area contributed by atoms with E-state index in [1.54, 1.807) is 11.3 Å². The highest BCUT2D eigenvalue weighted by Gasteiger charge is 2.27. The molecule has 0 radical (unpaired) electrons. The molecule has 0 unspecified atom stereocenters. The Kier molecular flexibility index (Phi) is 3.51. The Hall–Kier alpha value is -1.42. The van der Waals surface area contributed by atoms with E-state index in [0.29, 0.717) is 5.92 Å². The summed E-state index contributed by atoms with van der Waals surface area (Å²) in [5, 5.41) is 3.39. The van der Waals surface area contributed by atoms with Crippen LogP contribution in [0.1, 0.15) is 42.8 Å². The number of rotatable bonds is 5. The highest BCUT2D eigenvalue weighted by atomic mass is 32.1. The lowest BCUT2D eigenvalue weighted by atomic mass is 10.3. The van der Waals surface area contributed by atoms with E-state index >= 15 is 0 Å². The van der Waals surface area contributed by atoms with Gasteiger partial charge in [0.25, 0.3) is 0 Å². The average molecular weight is 273 g/mol. The van der Waals surface area contributed by atoms with Crippen molar-refractivity contribution in [3.8, 4) is 10.6 Å². The largest absolute Gasteiger partial charge is 0.370 e. The van der Waals surface area contributed by atoms with E-state index < -0.39 is 0 Å². The summed E-state index contributed by atoms with van der Waals surface area (Å²) >= 11 is 1.80. The minimum atomic E-state index is 0.586. The van der Waals surface area contributed by atoms with E-state index in [0.717, 1.165) is 30.3 Å². The molecule has 4 heteroatoms. The quantitative estimate of drug-likeness (QED) is 0.886. The average Bonchev–Trinajstić information content (AvgIpc) is 3.18. The second kappa shape index (κ2) is 5.29. The Labute approximate surface area is 118 Å². The zero-order chi connectivity index (χ0) is 13.2. The first-order valence-corrected chi connectivity index (χ1v) is 7.77. The van der Waals surface area contributed by atoms with Gasteiger partial charge in [-0.3, -0.25) is 0 Å². The zero-order valence-corrected chi connectivity index (χ0v) is 12.3. The summed E-state index contributed by atoms with van der Waals surface area (Å²) in [7, 11) is 0. The molecule has 2 aromatic heterocycles. The van der Waals surface area contributed by atoms with Gasteiger partial charge in [0.05, 0.1) is 10.6 Å². The molecule has 1 fully saturated rings. The number of thiophene rings is 1. The fraction of sp³-hybridized carbons (Fsp3) is 0.467. The van der Waals surface area contributed by atoms with Crippen LogP contribution in [0.15, 0.2) is 18.2 Å². The first-order valence-electron chi connectivity index (χ1n) is 6.96. The van der Waals surface area contributed by atoms with Crippen molar-refractivity contribution in [3.63, 3.8) is 0 Å². The van der Waals surface area contributed by atoms with Crippen LogP contribution in [0.25, 0.3) is 10.6 Å². The van der Waals surface area contributed by atoms with Crippen LogP contribution in [0, 0.1) is 6.92 Å². The zero-order valence-electron chi connectivity index (χ0n) is 11.4. The van der Waals surface area contributed by atoms with E-state index in [1.807, 2.05) is 0 Å². The third kappa shape index (κ3) is 2.95. The van der Waals surface area contributed by atoms with Gasteiger partial charge in [-0.1, -0.05) is 6.92 Å². The fourth-order valence-electron chi connectivity index (χ4n) is 2.03. The Morgan fingerprint density at radius 2 is 2.16 bits per heavy atom. The molecule has 1 aliphatic rings. The maximum Gasteiger partial charge on any atom is 0.134 e. The van der Waals surface area contributed by atoms with E-state index in [4.69, 9.17) is 4.98 Å². The van der Waals surface area contributed by atoms with Gasteiger partial charge in [-0.15, -0.1) is 11.3 Å². The minimum Gasteiger partial charge on any atom is -0.370 e. The van der Waals surface area contributed by atoms with E-state index in [-0.39, 0.29) is 0 Å². The van der Waals surface area contributed by atoms with Crippen LogP contribution in [-0.2, 0) is 0 Å². The van der Waals surface area contributed by atoms with Crippen LogP contribution in [0.2, 0.25) is 0 Å². The molecule has 1 N–H and O–H groups in total. The Balaban J connectivity index is 1.95. The minimum absolute atomic E-state index is 0.586. The lowest BCUT2D eigenvalue weighted by Crippen LogP contribution is -2.05. The number of hydrogen-bond acceptors (Lipinski definition) is 4. The molecule has 0 aliphatic heterocycles. The Morgan fingerprint density at radius 1 is 1.32 bits per heavy atom. The SMILES string of the molecule is CCCNc1cc(-c2ccc(C)s2)nc(C2CC2)n1. The molecule has 100 valence electrons. The van der Waals surface area contributed by atoms with Crippen molar-refractivity contribution in [1.82, 2.24) is 9.97 Å². The first kappa shape index (κ1) is 12.6. The standard InChI is InChI=1S/C15H19N3S/c1-3-8-16-14-9-12(13-7-4-10(2)19-13)17-15(18-14)11-5-6-11/h4,7,9,11H,3,5-6,8H2,1-2H3,(H,16,17,18). The van der Waals surface area contributed by atoms with Crippen molar-refractivity contribution in [2.24, 2.45) is 0 Å². The third-order valence-electron chi connectivity index (χ3n) is 3.23. The third-order valence-corrected chi connectivity index (χ3v) is 4.26. The highest BCUT2D eigenvalue weighted by molar-refractivity contribution is 7.15. The second-order valence-electron chi connectivity index (χ2n) is 5.11. The maximum absolute atomic E-state index is 4.75. The molecule has 3 rings (SSSR count). The molecule has 0 amide bonds. The van der Waals surface area contributed by atoms with Gasteiger partial charge < -0.3 is 5.32 Å². The molecule has 1 saturated carbocycles. The van der Waals surface area contributed by atoms with E-state index in [1.165, 1.54) is 22.6 Å². The molecule has 2 heterocycles. The van der Waals surface area contributed by atoms with Crippen molar-refractivity contribution in [2.45, 2.75) is 39.0 Å². The van der Waals surface area contributed by atoms with E-state index in [9.17, 15) is 0 Å². The number of aryl methyl sites for hydroxylation is 1. The van der Waals surface area contributed by atoms with E-state index in [2.05, 4.69) is 42.3 Å². The summed E-state index contributed by atoms with van der Waals surface area (Å²) in [6.45, 7) is 5.26. The van der Waals surface area contributed by atoms with Gasteiger partial charge in [0, 0.05) is 23.4 Å². The summed E-state index contributed by atoms with van der Waals surface area (Å²) in [5.41, 5.74) is 1.06. The molecule has 0 saturated heterocycles. The number of nitrogens with zero attached hydrogens (tertiary/aromatic N) is 2. The van der Waals surface area contributed by atoms with Gasteiger partial charge in [0.15, 0.2) is 0 Å². The summed E-state index contributed by atoms with van der Waals surface area (Å²) in [6, 6.07) is 6.38. The Bertz CT molecular complexity index is 573. The lowest BCUT2D eigenvalue weighted by molar-refractivity contribution is 0.912. The smallest absolute Gasteiger partial charge is 0.134 e. The molecular formula is C15H19N3S. The van der Waals surface area contributed by atoms with Gasteiger partial charge >= 0.3 is 0 Å². The number of anilines is 1. The predicted octanol–water partition coefficient (Wildman–Crippen LogP) is 4.21. The molecule has 3 nitrogen and oxygen atoms in total. The molecule has 19 heavy (non-hydrogen) atoms. The summed E-state index contributed by atoms with van der Waals surface area (Å²) in [4.78, 5) is 12.0. The predicted molar refractivity (Wildman–Crippen MR) is 80.8 cm³/mol. The van der Waals surface area contributed by atoms with Crippen LogP contribution < -0.4 is 5.32 Å². The Morgan fingerprint density at radius 3 is 2.79 bits per heavy atom. The van der Waals surface area contributed by atoms with Gasteiger partial charge in [-0.25, -0.2) is 9.97 Å². The van der Waals surface area contributed by atoms with Gasteiger partial charge in [0.1, 0.15) is 11.6 Å². The van der Waals surface area contributed by atoms with Crippen LogP contribution in [0.4, 0.5) is 5.82 Å². The van der Waals surface area contributed by atoms with Gasteiger partial charge in [0.2, 0.25) is 0 Å². The van der Waals surface area contributed by atoms with Crippen molar-refractivity contribution in [1.29, 1.82) is 0 Å². The fourth-order valence-corrected chi connectivity index (χ4v) is 2.86. The van der Waals surface area contributed by atoms with Gasteiger partial charge in [-0.2, -0.15) is 0 Å². The molecule has 0 aromatic carbocycles. The lowest BCUT2D eigenvalue weighted by Gasteiger charge is -2.08. The molecule has 0 bridgehead atoms. The van der Waals surface area contributed by atoms with Crippen LogP contribution in [0.5, 0.6) is 0 Å². The normalized spacial score (nSPS) is 14.6. The summed E-state index contributed by atoms with van der Waals surface area (Å²) in [5.74, 6) is 2.57. The van der Waals surface area contributed by atoms with Crippen molar-refractivity contribution in [2.75, 3.05) is 11.9 Å². The topological polar surface area (TPSA) is 37.8 Å². The summed E-state index contributed by atoms with van der Waals surface area (Å²) in [6.07, 6.45) is 3.58. The van der Waals surface area contributed by atoms with Crippen molar-refractivity contribution >= 4 is 17.2 Å². The van der Waals surface area contributed by atoms with Crippen molar-refractivity contribution in [3.05, 3.63) is 28.9 Å². The number of aromatic nitrogens is 2. The highest BCUT2D eigenvalue weighted by Crippen LogP contribution is 2.39. The van der Waals surface area contributed by atoms with Crippen LogP contribution in [-0.4, -0.2) is 16.5 Å². The number of nitrogens with one attached hydrogen (secondary N) is 1. The molecule has 2 aromatic rings. The van der Waals surface area contributed by atoms with Crippen LogP contribution >= 0.6 is 11.3 Å². The summed E-state index contributed by atoms with van der Waals surface area (Å²) < 4.78 is 0. The van der Waals surface area contributed by atoms with Crippen molar-refractivity contribution < 1.29 is 0 Å². The molecule has 1 aliphatic carbocycles.